The Hall–Kier alpha value is -3.39. The van der Waals surface area contributed by atoms with Crippen molar-refractivity contribution in [2.75, 3.05) is 19.8 Å². The molecule has 1 aliphatic heterocycles. The number of carbonyl (C=O) groups excluding carboxylic acids is 1. The normalized spacial score (nSPS) is 16.9. The number of aliphatic imine (C=N–C) groups is 1. The first-order valence-electron chi connectivity index (χ1n) is 11.5. The fourth-order valence-electron chi connectivity index (χ4n) is 3.75. The highest BCUT2D eigenvalue weighted by molar-refractivity contribution is 6.30. The van der Waals surface area contributed by atoms with Gasteiger partial charge < -0.3 is 14.6 Å². The van der Waals surface area contributed by atoms with Crippen molar-refractivity contribution < 1.29 is 19.4 Å². The standard InChI is InChI=1S/C27H28ClN3O4/c28-23-9-4-8-21(16-23)18-29-31-26(33)27(17-20-6-2-1-3-7-20)19-35-25(30-27)22-10-12-24(13-11-22)34-15-5-14-32/h1-4,6-13,16,29,32H,5,14-15,17-19H2,(H,31,33)/t27-/m0/s1. The first kappa shape index (κ1) is 24.7. The summed E-state index contributed by atoms with van der Waals surface area (Å²) in [6, 6.07) is 24.5. The smallest absolute Gasteiger partial charge is 0.266 e. The van der Waals surface area contributed by atoms with Crippen molar-refractivity contribution in [1.82, 2.24) is 10.9 Å². The number of aliphatic hydroxyl groups excluding tert-OH is 1. The lowest BCUT2D eigenvalue weighted by Crippen LogP contribution is -2.52. The molecule has 1 aliphatic rings. The number of nitrogens with one attached hydrogen (secondary N) is 2. The summed E-state index contributed by atoms with van der Waals surface area (Å²) in [4.78, 5) is 18.2. The van der Waals surface area contributed by atoms with Gasteiger partial charge in [0.2, 0.25) is 5.90 Å². The molecular weight excluding hydrogens is 466 g/mol. The van der Waals surface area contributed by atoms with E-state index in [1.165, 1.54) is 0 Å². The number of aliphatic hydroxyl groups is 1. The van der Waals surface area contributed by atoms with Gasteiger partial charge in [-0.2, -0.15) is 0 Å². The summed E-state index contributed by atoms with van der Waals surface area (Å²) in [5, 5.41) is 9.54. The van der Waals surface area contributed by atoms with Crippen LogP contribution in [0.5, 0.6) is 5.75 Å². The molecule has 4 rings (SSSR count). The van der Waals surface area contributed by atoms with Crippen LogP contribution in [0.3, 0.4) is 0 Å². The maximum atomic E-state index is 13.4. The Morgan fingerprint density at radius 2 is 1.83 bits per heavy atom. The highest BCUT2D eigenvalue weighted by Gasteiger charge is 2.44. The van der Waals surface area contributed by atoms with Gasteiger partial charge in [-0.25, -0.2) is 10.4 Å². The number of halogens is 1. The molecule has 182 valence electrons. The molecule has 3 N–H and O–H groups in total. The number of ether oxygens (including phenoxy) is 2. The van der Waals surface area contributed by atoms with Gasteiger partial charge in [0.25, 0.3) is 5.91 Å². The second-order valence-corrected chi connectivity index (χ2v) is 8.72. The van der Waals surface area contributed by atoms with Crippen LogP contribution in [0.25, 0.3) is 0 Å². The van der Waals surface area contributed by atoms with Crippen LogP contribution in [0.1, 0.15) is 23.1 Å². The minimum Gasteiger partial charge on any atom is -0.494 e. The van der Waals surface area contributed by atoms with Crippen molar-refractivity contribution >= 4 is 23.4 Å². The maximum Gasteiger partial charge on any atom is 0.266 e. The molecule has 1 heterocycles. The Morgan fingerprint density at radius 1 is 1.06 bits per heavy atom. The van der Waals surface area contributed by atoms with E-state index in [1.807, 2.05) is 72.8 Å². The molecule has 1 amide bonds. The molecule has 35 heavy (non-hydrogen) atoms. The summed E-state index contributed by atoms with van der Waals surface area (Å²) in [5.74, 6) is 0.828. The first-order valence-corrected chi connectivity index (χ1v) is 11.8. The SMILES string of the molecule is O=C(NNCc1cccc(Cl)c1)[C@]1(Cc2ccccc2)COC(c2ccc(OCCCO)cc2)=N1. The Kier molecular flexibility index (Phi) is 8.36. The van der Waals surface area contributed by atoms with Crippen LogP contribution in [0.2, 0.25) is 5.02 Å². The average Bonchev–Trinajstić information content (AvgIpc) is 3.30. The molecule has 3 aromatic carbocycles. The van der Waals surface area contributed by atoms with Crippen molar-refractivity contribution in [2.45, 2.75) is 24.9 Å². The zero-order chi connectivity index (χ0) is 24.5. The number of hydrogen-bond donors (Lipinski definition) is 3. The summed E-state index contributed by atoms with van der Waals surface area (Å²) in [6.07, 6.45) is 0.963. The van der Waals surface area contributed by atoms with Gasteiger partial charge in [-0.3, -0.25) is 10.2 Å². The number of amides is 1. The van der Waals surface area contributed by atoms with Gasteiger partial charge in [-0.15, -0.1) is 0 Å². The second kappa shape index (κ2) is 11.8. The van der Waals surface area contributed by atoms with E-state index >= 15 is 0 Å². The second-order valence-electron chi connectivity index (χ2n) is 8.29. The number of rotatable bonds is 11. The fraction of sp³-hybridized carbons (Fsp3) is 0.259. The van der Waals surface area contributed by atoms with E-state index in [9.17, 15) is 4.79 Å². The van der Waals surface area contributed by atoms with E-state index in [2.05, 4.69) is 10.9 Å². The summed E-state index contributed by atoms with van der Waals surface area (Å²) in [7, 11) is 0. The summed E-state index contributed by atoms with van der Waals surface area (Å²) < 4.78 is 11.5. The van der Waals surface area contributed by atoms with E-state index in [0.29, 0.717) is 42.7 Å². The minimum atomic E-state index is -1.12. The van der Waals surface area contributed by atoms with Gasteiger partial charge in [0.05, 0.1) is 6.61 Å². The number of hydrogen-bond acceptors (Lipinski definition) is 6. The van der Waals surface area contributed by atoms with Crippen molar-refractivity contribution in [3.8, 4) is 5.75 Å². The predicted octanol–water partition coefficient (Wildman–Crippen LogP) is 3.68. The molecule has 0 bridgehead atoms. The van der Waals surface area contributed by atoms with Crippen molar-refractivity contribution in [2.24, 2.45) is 4.99 Å². The Labute approximate surface area is 209 Å². The van der Waals surface area contributed by atoms with E-state index in [1.54, 1.807) is 6.07 Å². The largest absolute Gasteiger partial charge is 0.494 e. The molecule has 0 saturated carbocycles. The van der Waals surface area contributed by atoms with Crippen molar-refractivity contribution in [1.29, 1.82) is 0 Å². The van der Waals surface area contributed by atoms with Crippen LogP contribution >= 0.6 is 11.6 Å². The van der Waals surface area contributed by atoms with E-state index < -0.39 is 5.54 Å². The number of nitrogens with zero attached hydrogens (tertiary/aromatic N) is 1. The molecule has 0 unspecified atom stereocenters. The van der Waals surface area contributed by atoms with Gasteiger partial charge in [0, 0.05) is 36.6 Å². The summed E-state index contributed by atoms with van der Waals surface area (Å²) in [6.45, 7) is 1.07. The fourth-order valence-corrected chi connectivity index (χ4v) is 3.97. The van der Waals surface area contributed by atoms with Gasteiger partial charge in [-0.1, -0.05) is 54.1 Å². The monoisotopic (exact) mass is 493 g/mol. The highest BCUT2D eigenvalue weighted by Crippen LogP contribution is 2.27. The van der Waals surface area contributed by atoms with Crippen LogP contribution in [0.4, 0.5) is 0 Å². The molecule has 0 saturated heterocycles. The predicted molar refractivity (Wildman–Crippen MR) is 135 cm³/mol. The van der Waals surface area contributed by atoms with Gasteiger partial charge in [-0.05, 0) is 47.5 Å². The molecule has 7 nitrogen and oxygen atoms in total. The van der Waals surface area contributed by atoms with Crippen LogP contribution in [-0.2, 0) is 22.5 Å². The first-order chi connectivity index (χ1) is 17.1. The zero-order valence-corrected chi connectivity index (χ0v) is 20.0. The number of hydrazine groups is 1. The maximum absolute atomic E-state index is 13.4. The average molecular weight is 494 g/mol. The molecule has 0 spiro atoms. The van der Waals surface area contributed by atoms with Crippen molar-refractivity contribution in [3.63, 3.8) is 0 Å². The Morgan fingerprint density at radius 3 is 2.57 bits per heavy atom. The van der Waals surface area contributed by atoms with E-state index in [-0.39, 0.29) is 19.1 Å². The topological polar surface area (TPSA) is 92.2 Å². The van der Waals surface area contributed by atoms with Crippen LogP contribution < -0.4 is 15.6 Å². The molecule has 0 aromatic heterocycles. The van der Waals surface area contributed by atoms with Gasteiger partial charge >= 0.3 is 0 Å². The van der Waals surface area contributed by atoms with Gasteiger partial charge in [0.15, 0.2) is 5.54 Å². The van der Waals surface area contributed by atoms with Crippen molar-refractivity contribution in [3.05, 3.63) is 101 Å². The Bertz CT molecular complexity index is 1150. The third-order valence-corrected chi connectivity index (χ3v) is 5.82. The highest BCUT2D eigenvalue weighted by atomic mass is 35.5. The summed E-state index contributed by atoms with van der Waals surface area (Å²) >= 11 is 6.05. The Balaban J connectivity index is 1.49. The summed E-state index contributed by atoms with van der Waals surface area (Å²) in [5.41, 5.74) is 7.36. The lowest BCUT2D eigenvalue weighted by Gasteiger charge is -2.23. The molecule has 3 aromatic rings. The molecule has 8 heteroatoms. The number of benzene rings is 3. The molecule has 0 fully saturated rings. The molecule has 0 aliphatic carbocycles. The minimum absolute atomic E-state index is 0.0856. The quantitative estimate of drug-likeness (QED) is 0.280. The molecule has 0 radical (unpaired) electrons. The van der Waals surface area contributed by atoms with Crippen LogP contribution in [0, 0.1) is 0 Å². The van der Waals surface area contributed by atoms with E-state index in [4.69, 9.17) is 31.2 Å². The lowest BCUT2D eigenvalue weighted by molar-refractivity contribution is -0.127. The number of carbonyl (C=O) groups is 1. The molecular formula is C27H28ClN3O4. The van der Waals surface area contributed by atoms with E-state index in [0.717, 1.165) is 16.7 Å². The van der Waals surface area contributed by atoms with Crippen LogP contribution in [0.15, 0.2) is 83.9 Å². The van der Waals surface area contributed by atoms with Crippen LogP contribution in [-0.4, -0.2) is 42.3 Å². The lowest BCUT2D eigenvalue weighted by atomic mass is 9.91. The molecule has 1 atom stereocenters. The van der Waals surface area contributed by atoms with Gasteiger partial charge in [0.1, 0.15) is 12.4 Å². The zero-order valence-electron chi connectivity index (χ0n) is 19.2. The third-order valence-electron chi connectivity index (χ3n) is 5.58. The third kappa shape index (κ3) is 6.60.